The molecule has 1 saturated heterocycles. The van der Waals surface area contributed by atoms with Crippen LogP contribution >= 0.6 is 0 Å². The lowest BCUT2D eigenvalue weighted by Gasteiger charge is -2.24. The summed E-state index contributed by atoms with van der Waals surface area (Å²) < 4.78 is 0. The molecule has 0 aliphatic carbocycles. The van der Waals surface area contributed by atoms with Gasteiger partial charge in [-0.3, -0.25) is 14.6 Å². The topological polar surface area (TPSA) is 65.5 Å². The molecule has 0 radical (unpaired) electrons. The highest BCUT2D eigenvalue weighted by molar-refractivity contribution is 5.81. The molecule has 1 N–H and O–H groups in total. The van der Waals surface area contributed by atoms with Gasteiger partial charge in [-0.1, -0.05) is 0 Å². The summed E-state index contributed by atoms with van der Waals surface area (Å²) in [7, 11) is 1.63. The van der Waals surface area contributed by atoms with Crippen molar-refractivity contribution in [3.8, 4) is 0 Å². The van der Waals surface area contributed by atoms with Crippen LogP contribution in [0.5, 0.6) is 0 Å². The minimum absolute atomic E-state index is 0.00971. The molecular weight excluding hydrogens is 256 g/mol. The Morgan fingerprint density at radius 2 is 1.95 bits per heavy atom. The van der Waals surface area contributed by atoms with Gasteiger partial charge < -0.3 is 15.1 Å². The van der Waals surface area contributed by atoms with Crippen LogP contribution in [0.4, 0.5) is 5.69 Å². The molecule has 1 atom stereocenters. The predicted molar refractivity (Wildman–Crippen MR) is 76.3 cm³/mol. The van der Waals surface area contributed by atoms with Crippen molar-refractivity contribution in [3.05, 3.63) is 24.5 Å². The summed E-state index contributed by atoms with van der Waals surface area (Å²) in [4.78, 5) is 31.5. The second-order valence-corrected chi connectivity index (χ2v) is 4.93. The lowest BCUT2D eigenvalue weighted by Crippen LogP contribution is -2.41. The molecule has 1 aromatic rings. The van der Waals surface area contributed by atoms with E-state index in [2.05, 4.69) is 15.2 Å². The van der Waals surface area contributed by atoms with Crippen LogP contribution in [-0.2, 0) is 9.59 Å². The van der Waals surface area contributed by atoms with Crippen LogP contribution in [-0.4, -0.2) is 54.9 Å². The summed E-state index contributed by atoms with van der Waals surface area (Å²) in [5.41, 5.74) is 1.03. The number of carbonyl (C=O) groups excluding carboxylic acids is 2. The first-order valence-corrected chi connectivity index (χ1v) is 6.74. The fraction of sp³-hybridized carbons (Fsp3) is 0.500. The number of hydrogen-bond donors (Lipinski definition) is 1. The molecule has 0 spiro atoms. The maximum atomic E-state index is 12.0. The molecule has 1 aliphatic rings. The average molecular weight is 276 g/mol. The van der Waals surface area contributed by atoms with E-state index in [-0.39, 0.29) is 17.7 Å². The lowest BCUT2D eigenvalue weighted by molar-refractivity contribution is -0.130. The van der Waals surface area contributed by atoms with Crippen LogP contribution in [0.1, 0.15) is 6.92 Å². The number of rotatable bonds is 2. The molecule has 20 heavy (non-hydrogen) atoms. The fourth-order valence-corrected chi connectivity index (χ4v) is 2.46. The third kappa shape index (κ3) is 3.26. The van der Waals surface area contributed by atoms with E-state index in [0.29, 0.717) is 19.6 Å². The summed E-state index contributed by atoms with van der Waals surface area (Å²) in [5.74, 6) is -0.243. The number of carbonyl (C=O) groups is 2. The van der Waals surface area contributed by atoms with Crippen molar-refractivity contribution in [2.45, 2.75) is 6.92 Å². The normalized spacial score (nSPS) is 19.4. The van der Waals surface area contributed by atoms with E-state index in [1.54, 1.807) is 31.3 Å². The van der Waals surface area contributed by atoms with Crippen LogP contribution in [0.25, 0.3) is 0 Å². The molecule has 108 valence electrons. The van der Waals surface area contributed by atoms with Gasteiger partial charge in [0.15, 0.2) is 0 Å². The Balaban J connectivity index is 2.20. The number of anilines is 1. The van der Waals surface area contributed by atoms with Crippen LogP contribution in [0, 0.1) is 5.92 Å². The highest BCUT2D eigenvalue weighted by Crippen LogP contribution is 2.18. The van der Waals surface area contributed by atoms with Crippen molar-refractivity contribution in [1.29, 1.82) is 0 Å². The van der Waals surface area contributed by atoms with Gasteiger partial charge in [-0.2, -0.15) is 0 Å². The van der Waals surface area contributed by atoms with Gasteiger partial charge in [-0.15, -0.1) is 0 Å². The van der Waals surface area contributed by atoms with E-state index >= 15 is 0 Å². The van der Waals surface area contributed by atoms with Gasteiger partial charge in [0.05, 0.1) is 5.92 Å². The maximum Gasteiger partial charge on any atom is 0.226 e. The van der Waals surface area contributed by atoms with Crippen LogP contribution in [0.3, 0.4) is 0 Å². The third-order valence-corrected chi connectivity index (χ3v) is 3.61. The zero-order chi connectivity index (χ0) is 14.5. The van der Waals surface area contributed by atoms with E-state index in [9.17, 15) is 9.59 Å². The Morgan fingerprint density at radius 1 is 1.25 bits per heavy atom. The molecule has 2 amide bonds. The van der Waals surface area contributed by atoms with Crippen molar-refractivity contribution < 1.29 is 9.59 Å². The molecule has 0 bridgehead atoms. The van der Waals surface area contributed by atoms with E-state index < -0.39 is 0 Å². The summed E-state index contributed by atoms with van der Waals surface area (Å²) in [6.07, 6.45) is 3.47. The maximum absolute atomic E-state index is 12.0. The largest absolute Gasteiger partial charge is 0.369 e. The van der Waals surface area contributed by atoms with Crippen molar-refractivity contribution in [3.63, 3.8) is 0 Å². The van der Waals surface area contributed by atoms with Gasteiger partial charge in [-0.05, 0) is 12.1 Å². The number of pyridine rings is 1. The Morgan fingerprint density at radius 3 is 2.55 bits per heavy atom. The first-order valence-electron chi connectivity index (χ1n) is 6.74. The molecule has 2 rings (SSSR count). The molecule has 2 heterocycles. The zero-order valence-electron chi connectivity index (χ0n) is 11.9. The number of hydrogen-bond acceptors (Lipinski definition) is 4. The first-order chi connectivity index (χ1) is 9.61. The van der Waals surface area contributed by atoms with E-state index in [0.717, 1.165) is 12.2 Å². The fourth-order valence-electron chi connectivity index (χ4n) is 2.46. The van der Waals surface area contributed by atoms with Crippen LogP contribution in [0.15, 0.2) is 24.5 Å². The monoisotopic (exact) mass is 276 g/mol. The molecule has 1 aliphatic heterocycles. The summed E-state index contributed by atoms with van der Waals surface area (Å²) in [6.45, 7) is 3.97. The van der Waals surface area contributed by atoms with E-state index in [1.165, 1.54) is 0 Å². The van der Waals surface area contributed by atoms with Crippen molar-refractivity contribution in [1.82, 2.24) is 15.2 Å². The standard InChI is InChI=1S/C14H20N4O2/c1-11(19)17-7-8-18(13-3-5-16-6-4-13)10-12(9-17)14(20)15-2/h3-6,12H,7-10H2,1-2H3,(H,15,20). The quantitative estimate of drug-likeness (QED) is 0.833. The first kappa shape index (κ1) is 14.3. The number of amides is 2. The van der Waals surface area contributed by atoms with Crippen LogP contribution < -0.4 is 10.2 Å². The Hall–Kier alpha value is -2.11. The van der Waals surface area contributed by atoms with Gasteiger partial charge in [0.25, 0.3) is 0 Å². The van der Waals surface area contributed by atoms with Gasteiger partial charge in [0.2, 0.25) is 11.8 Å². The highest BCUT2D eigenvalue weighted by atomic mass is 16.2. The number of aromatic nitrogens is 1. The average Bonchev–Trinajstić information content (AvgIpc) is 2.70. The zero-order valence-corrected chi connectivity index (χ0v) is 11.9. The number of nitrogens with one attached hydrogen (secondary N) is 1. The SMILES string of the molecule is CNC(=O)C1CN(C(C)=O)CCN(c2ccncc2)C1. The number of nitrogens with zero attached hydrogens (tertiary/aromatic N) is 3. The third-order valence-electron chi connectivity index (χ3n) is 3.61. The molecule has 6 nitrogen and oxygen atoms in total. The molecule has 0 aromatic carbocycles. The minimum atomic E-state index is -0.223. The predicted octanol–water partition coefficient (Wildman–Crippen LogP) is 0.112. The lowest BCUT2D eigenvalue weighted by atomic mass is 10.1. The molecular formula is C14H20N4O2. The Labute approximate surface area is 118 Å². The van der Waals surface area contributed by atoms with Crippen LogP contribution in [0.2, 0.25) is 0 Å². The molecule has 1 aromatic heterocycles. The van der Waals surface area contributed by atoms with Crippen molar-refractivity contribution in [2.24, 2.45) is 5.92 Å². The molecule has 0 saturated carbocycles. The van der Waals surface area contributed by atoms with E-state index in [1.807, 2.05) is 12.1 Å². The smallest absolute Gasteiger partial charge is 0.226 e. The summed E-state index contributed by atoms with van der Waals surface area (Å²) in [5, 5.41) is 2.68. The second kappa shape index (κ2) is 6.36. The Bertz CT molecular complexity index is 477. The van der Waals surface area contributed by atoms with Crippen molar-refractivity contribution >= 4 is 17.5 Å². The molecule has 1 unspecified atom stereocenters. The molecule has 1 fully saturated rings. The van der Waals surface area contributed by atoms with Gasteiger partial charge >= 0.3 is 0 Å². The van der Waals surface area contributed by atoms with E-state index in [4.69, 9.17) is 0 Å². The summed E-state index contributed by atoms with van der Waals surface area (Å²) in [6, 6.07) is 3.84. The highest BCUT2D eigenvalue weighted by Gasteiger charge is 2.28. The van der Waals surface area contributed by atoms with Gasteiger partial charge in [0, 0.05) is 58.2 Å². The van der Waals surface area contributed by atoms with Gasteiger partial charge in [-0.25, -0.2) is 0 Å². The summed E-state index contributed by atoms with van der Waals surface area (Å²) >= 11 is 0. The molecule has 6 heteroatoms. The van der Waals surface area contributed by atoms with Crippen molar-refractivity contribution in [2.75, 3.05) is 38.1 Å². The second-order valence-electron chi connectivity index (χ2n) is 4.93. The van der Waals surface area contributed by atoms with Gasteiger partial charge in [0.1, 0.15) is 0 Å². The Kier molecular flexibility index (Phi) is 4.55. The minimum Gasteiger partial charge on any atom is -0.369 e.